The third-order valence-electron chi connectivity index (χ3n) is 2.01. The number of halogens is 3. The Hall–Kier alpha value is -0.420. The standard InChI is InChI=1S/C10H6ClFIN/c1-5-8(13)4-6-9(14-5)3-2-7(11)10(6)12/h2-4H,1H3. The molecule has 4 heteroatoms. The van der Waals surface area contributed by atoms with Crippen LogP contribution in [0.4, 0.5) is 4.39 Å². The number of aromatic nitrogens is 1. The molecule has 2 aromatic rings. The summed E-state index contributed by atoms with van der Waals surface area (Å²) < 4.78 is 14.5. The molecule has 0 aliphatic rings. The average molecular weight is 322 g/mol. The summed E-state index contributed by atoms with van der Waals surface area (Å²) in [7, 11) is 0. The third kappa shape index (κ3) is 1.59. The number of pyridine rings is 1. The average Bonchev–Trinajstić information content (AvgIpc) is 2.15. The fourth-order valence-electron chi connectivity index (χ4n) is 1.26. The van der Waals surface area contributed by atoms with Crippen LogP contribution in [0.3, 0.4) is 0 Å². The van der Waals surface area contributed by atoms with Crippen molar-refractivity contribution in [2.75, 3.05) is 0 Å². The molecule has 0 aliphatic carbocycles. The molecule has 0 amide bonds. The molecule has 72 valence electrons. The number of nitrogens with zero attached hydrogens (tertiary/aromatic N) is 1. The predicted octanol–water partition coefficient (Wildman–Crippen LogP) is 3.94. The van der Waals surface area contributed by atoms with Crippen LogP contribution in [0.1, 0.15) is 5.69 Å². The molecule has 0 N–H and O–H groups in total. The van der Waals surface area contributed by atoms with Crippen LogP contribution < -0.4 is 0 Å². The summed E-state index contributed by atoms with van der Waals surface area (Å²) in [6.07, 6.45) is 0. The SMILES string of the molecule is Cc1nc2ccc(Cl)c(F)c2cc1I. The molecular formula is C10H6ClFIN. The Morgan fingerprint density at radius 2 is 2.14 bits per heavy atom. The Labute approximate surface area is 99.4 Å². The Morgan fingerprint density at radius 1 is 1.43 bits per heavy atom. The van der Waals surface area contributed by atoms with Gasteiger partial charge in [0.05, 0.1) is 16.2 Å². The van der Waals surface area contributed by atoms with Gasteiger partial charge in [-0.25, -0.2) is 4.39 Å². The van der Waals surface area contributed by atoms with Crippen LogP contribution in [0.25, 0.3) is 10.9 Å². The second-order valence-corrected chi connectivity index (χ2v) is 4.55. The van der Waals surface area contributed by atoms with Gasteiger partial charge < -0.3 is 0 Å². The zero-order chi connectivity index (χ0) is 10.3. The zero-order valence-corrected chi connectivity index (χ0v) is 10.2. The Morgan fingerprint density at radius 3 is 2.86 bits per heavy atom. The van der Waals surface area contributed by atoms with Crippen LogP contribution in [0.15, 0.2) is 18.2 Å². The minimum absolute atomic E-state index is 0.138. The van der Waals surface area contributed by atoms with Crippen LogP contribution >= 0.6 is 34.2 Å². The summed E-state index contributed by atoms with van der Waals surface area (Å²) in [6, 6.07) is 5.02. The number of hydrogen-bond donors (Lipinski definition) is 0. The first-order valence-electron chi connectivity index (χ1n) is 4.00. The topological polar surface area (TPSA) is 12.9 Å². The van der Waals surface area contributed by atoms with Gasteiger partial charge in [-0.1, -0.05) is 11.6 Å². The van der Waals surface area contributed by atoms with Gasteiger partial charge in [-0.15, -0.1) is 0 Å². The largest absolute Gasteiger partial charge is 0.252 e. The summed E-state index contributed by atoms with van der Waals surface area (Å²) in [5.41, 5.74) is 1.55. The van der Waals surface area contributed by atoms with E-state index in [1.165, 1.54) is 6.07 Å². The smallest absolute Gasteiger partial charge is 0.151 e. The number of aryl methyl sites for hydroxylation is 1. The number of fused-ring (bicyclic) bond motifs is 1. The maximum atomic E-state index is 13.5. The predicted molar refractivity (Wildman–Crippen MR) is 64.2 cm³/mol. The van der Waals surface area contributed by atoms with E-state index in [4.69, 9.17) is 11.6 Å². The fourth-order valence-corrected chi connectivity index (χ4v) is 1.85. The van der Waals surface area contributed by atoms with Crippen LogP contribution in [-0.2, 0) is 0 Å². The molecular weight excluding hydrogens is 315 g/mol. The molecule has 1 aromatic carbocycles. The Balaban J connectivity index is 2.89. The molecule has 0 atom stereocenters. The van der Waals surface area contributed by atoms with Crippen molar-refractivity contribution in [3.05, 3.63) is 38.3 Å². The molecule has 0 aliphatic heterocycles. The zero-order valence-electron chi connectivity index (χ0n) is 7.31. The van der Waals surface area contributed by atoms with Gasteiger partial charge in [0, 0.05) is 8.96 Å². The van der Waals surface area contributed by atoms with Gasteiger partial charge in [-0.3, -0.25) is 4.98 Å². The highest BCUT2D eigenvalue weighted by molar-refractivity contribution is 14.1. The van der Waals surface area contributed by atoms with Gasteiger partial charge in [-0.05, 0) is 47.7 Å². The first kappa shape index (κ1) is 10.1. The fraction of sp³-hybridized carbons (Fsp3) is 0.100. The van der Waals surface area contributed by atoms with E-state index in [1.807, 2.05) is 6.92 Å². The molecule has 0 saturated heterocycles. The first-order valence-corrected chi connectivity index (χ1v) is 5.46. The van der Waals surface area contributed by atoms with Gasteiger partial charge in [-0.2, -0.15) is 0 Å². The van der Waals surface area contributed by atoms with Crippen molar-refractivity contribution >= 4 is 45.1 Å². The molecule has 0 saturated carbocycles. The lowest BCUT2D eigenvalue weighted by Gasteiger charge is -2.03. The lowest BCUT2D eigenvalue weighted by Crippen LogP contribution is -1.90. The van der Waals surface area contributed by atoms with Crippen molar-refractivity contribution in [2.24, 2.45) is 0 Å². The number of hydrogen-bond acceptors (Lipinski definition) is 1. The van der Waals surface area contributed by atoms with Crippen molar-refractivity contribution in [1.82, 2.24) is 4.98 Å². The molecule has 0 fully saturated rings. The molecule has 0 spiro atoms. The second-order valence-electron chi connectivity index (χ2n) is 2.98. The molecule has 2 rings (SSSR count). The highest BCUT2D eigenvalue weighted by atomic mass is 127. The van der Waals surface area contributed by atoms with Crippen LogP contribution in [0, 0.1) is 16.3 Å². The molecule has 1 aromatic heterocycles. The highest BCUT2D eigenvalue weighted by Gasteiger charge is 2.08. The summed E-state index contributed by atoms with van der Waals surface area (Å²) in [6.45, 7) is 1.90. The van der Waals surface area contributed by atoms with Gasteiger partial charge in [0.1, 0.15) is 0 Å². The summed E-state index contributed by atoms with van der Waals surface area (Å²) in [5, 5.41) is 0.617. The van der Waals surface area contributed by atoms with Gasteiger partial charge in [0.15, 0.2) is 5.82 Å². The van der Waals surface area contributed by atoms with Gasteiger partial charge in [0.25, 0.3) is 0 Å². The highest BCUT2D eigenvalue weighted by Crippen LogP contribution is 2.25. The first-order chi connectivity index (χ1) is 6.59. The van der Waals surface area contributed by atoms with E-state index in [9.17, 15) is 4.39 Å². The normalized spacial score (nSPS) is 10.9. The number of rotatable bonds is 0. The molecule has 0 bridgehead atoms. The van der Waals surface area contributed by atoms with Crippen molar-refractivity contribution < 1.29 is 4.39 Å². The van der Waals surface area contributed by atoms with E-state index >= 15 is 0 Å². The van der Waals surface area contributed by atoms with Gasteiger partial charge in [0.2, 0.25) is 0 Å². The lowest BCUT2D eigenvalue weighted by molar-refractivity contribution is 0.640. The molecule has 1 nitrogen and oxygen atoms in total. The monoisotopic (exact) mass is 321 g/mol. The maximum absolute atomic E-state index is 13.5. The Kier molecular flexibility index (Phi) is 2.62. The third-order valence-corrected chi connectivity index (χ3v) is 3.40. The lowest BCUT2D eigenvalue weighted by atomic mass is 10.2. The Bertz CT molecular complexity index is 513. The van der Waals surface area contributed by atoms with Crippen LogP contribution in [0.2, 0.25) is 5.02 Å². The van der Waals surface area contributed by atoms with E-state index in [-0.39, 0.29) is 5.02 Å². The van der Waals surface area contributed by atoms with Crippen molar-refractivity contribution in [1.29, 1.82) is 0 Å². The van der Waals surface area contributed by atoms with Crippen LogP contribution in [0.5, 0.6) is 0 Å². The van der Waals surface area contributed by atoms with Crippen molar-refractivity contribution in [2.45, 2.75) is 6.92 Å². The molecule has 0 radical (unpaired) electrons. The second kappa shape index (κ2) is 3.62. The summed E-state index contributed by atoms with van der Waals surface area (Å²) >= 11 is 7.80. The quantitative estimate of drug-likeness (QED) is 0.670. The number of benzene rings is 1. The minimum atomic E-state index is -0.394. The van der Waals surface area contributed by atoms with E-state index in [1.54, 1.807) is 12.1 Å². The van der Waals surface area contributed by atoms with E-state index in [0.717, 1.165) is 9.26 Å². The van der Waals surface area contributed by atoms with E-state index < -0.39 is 5.82 Å². The summed E-state index contributed by atoms with van der Waals surface area (Å²) in [4.78, 5) is 4.27. The van der Waals surface area contributed by atoms with Gasteiger partial charge >= 0.3 is 0 Å². The van der Waals surface area contributed by atoms with E-state index in [0.29, 0.717) is 10.9 Å². The maximum Gasteiger partial charge on any atom is 0.151 e. The van der Waals surface area contributed by atoms with E-state index in [2.05, 4.69) is 27.6 Å². The summed E-state index contributed by atoms with van der Waals surface area (Å²) in [5.74, 6) is -0.394. The van der Waals surface area contributed by atoms with Crippen LogP contribution in [-0.4, -0.2) is 4.98 Å². The minimum Gasteiger partial charge on any atom is -0.252 e. The van der Waals surface area contributed by atoms with Crippen molar-refractivity contribution in [3.63, 3.8) is 0 Å². The van der Waals surface area contributed by atoms with Crippen molar-refractivity contribution in [3.8, 4) is 0 Å². The molecule has 14 heavy (non-hydrogen) atoms. The molecule has 0 unspecified atom stereocenters. The molecule has 1 heterocycles.